The lowest BCUT2D eigenvalue weighted by molar-refractivity contribution is 0.150. The van der Waals surface area contributed by atoms with Gasteiger partial charge in [0.1, 0.15) is 6.17 Å². The summed E-state index contributed by atoms with van der Waals surface area (Å²) in [4.78, 5) is 4.86. The van der Waals surface area contributed by atoms with Crippen molar-refractivity contribution in [3.63, 3.8) is 0 Å². The van der Waals surface area contributed by atoms with E-state index >= 15 is 0 Å². The maximum atomic E-state index is 2.43. The van der Waals surface area contributed by atoms with Gasteiger partial charge in [-0.2, -0.15) is 0 Å². The summed E-state index contributed by atoms with van der Waals surface area (Å²) < 4.78 is 0. The van der Waals surface area contributed by atoms with Crippen molar-refractivity contribution in [2.75, 3.05) is 13.1 Å². The van der Waals surface area contributed by atoms with E-state index in [2.05, 4.69) is 43.0 Å². The molecule has 0 spiro atoms. The van der Waals surface area contributed by atoms with Crippen molar-refractivity contribution >= 4 is 0 Å². The van der Waals surface area contributed by atoms with Crippen molar-refractivity contribution in [1.29, 1.82) is 0 Å². The normalized spacial score (nSPS) is 17.5. The van der Waals surface area contributed by atoms with E-state index < -0.39 is 0 Å². The highest BCUT2D eigenvalue weighted by Gasteiger charge is 2.22. The molecule has 0 aromatic heterocycles. The molecule has 0 atom stereocenters. The SMILES string of the molecule is CCCCC1N(CC)C=CN1CC. The molecule has 2 heteroatoms. The topological polar surface area (TPSA) is 6.48 Å². The van der Waals surface area contributed by atoms with E-state index in [0.29, 0.717) is 6.17 Å². The van der Waals surface area contributed by atoms with Crippen LogP contribution in [0.25, 0.3) is 0 Å². The zero-order valence-corrected chi connectivity index (χ0v) is 9.16. The van der Waals surface area contributed by atoms with Gasteiger partial charge in [0.2, 0.25) is 0 Å². The minimum Gasteiger partial charge on any atom is -0.356 e. The Morgan fingerprint density at radius 2 is 1.54 bits per heavy atom. The molecule has 0 aromatic carbocycles. The maximum Gasteiger partial charge on any atom is 0.101 e. The molecule has 2 nitrogen and oxygen atoms in total. The Morgan fingerprint density at radius 3 is 1.92 bits per heavy atom. The van der Waals surface area contributed by atoms with Crippen LogP contribution in [-0.2, 0) is 0 Å². The molecule has 1 aliphatic rings. The van der Waals surface area contributed by atoms with Crippen LogP contribution in [0, 0.1) is 0 Å². The Hall–Kier alpha value is -0.660. The van der Waals surface area contributed by atoms with E-state index in [0.717, 1.165) is 13.1 Å². The molecule has 1 aliphatic heterocycles. The third-order valence-electron chi connectivity index (χ3n) is 2.76. The van der Waals surface area contributed by atoms with E-state index in [9.17, 15) is 0 Å². The highest BCUT2D eigenvalue weighted by molar-refractivity contribution is 4.95. The van der Waals surface area contributed by atoms with Gasteiger partial charge >= 0.3 is 0 Å². The molecule has 0 unspecified atom stereocenters. The Morgan fingerprint density at radius 1 is 1.00 bits per heavy atom. The van der Waals surface area contributed by atoms with Gasteiger partial charge in [0.05, 0.1) is 0 Å². The molecular formula is C11H22N2. The molecule has 0 radical (unpaired) electrons. The van der Waals surface area contributed by atoms with Gasteiger partial charge in [-0.25, -0.2) is 0 Å². The van der Waals surface area contributed by atoms with Crippen LogP contribution in [0.3, 0.4) is 0 Å². The number of hydrogen-bond acceptors (Lipinski definition) is 2. The van der Waals surface area contributed by atoms with E-state index in [-0.39, 0.29) is 0 Å². The predicted molar refractivity (Wildman–Crippen MR) is 57.2 cm³/mol. The smallest absolute Gasteiger partial charge is 0.101 e. The molecule has 76 valence electrons. The van der Waals surface area contributed by atoms with Crippen LogP contribution < -0.4 is 0 Å². The standard InChI is InChI=1S/C11H22N2/c1-4-7-8-11-12(5-2)9-10-13(11)6-3/h9-11H,4-8H2,1-3H3. The molecule has 0 saturated heterocycles. The van der Waals surface area contributed by atoms with Crippen molar-refractivity contribution in [3.05, 3.63) is 12.4 Å². The van der Waals surface area contributed by atoms with E-state index in [1.807, 2.05) is 0 Å². The summed E-state index contributed by atoms with van der Waals surface area (Å²) in [7, 11) is 0. The summed E-state index contributed by atoms with van der Waals surface area (Å²) in [5, 5.41) is 0. The second-order valence-electron chi connectivity index (χ2n) is 3.58. The van der Waals surface area contributed by atoms with Crippen LogP contribution in [0.2, 0.25) is 0 Å². The number of nitrogens with zero attached hydrogens (tertiary/aromatic N) is 2. The fourth-order valence-corrected chi connectivity index (χ4v) is 1.91. The van der Waals surface area contributed by atoms with Gasteiger partial charge < -0.3 is 9.80 Å². The molecule has 0 aliphatic carbocycles. The number of rotatable bonds is 5. The minimum absolute atomic E-state index is 0.634. The first-order valence-electron chi connectivity index (χ1n) is 5.53. The first kappa shape index (κ1) is 10.4. The molecular weight excluding hydrogens is 160 g/mol. The van der Waals surface area contributed by atoms with E-state index in [1.165, 1.54) is 19.3 Å². The average Bonchev–Trinajstić information content (AvgIpc) is 2.56. The summed E-state index contributed by atoms with van der Waals surface area (Å²) >= 11 is 0. The first-order chi connectivity index (χ1) is 6.33. The first-order valence-corrected chi connectivity index (χ1v) is 5.53. The van der Waals surface area contributed by atoms with Gasteiger partial charge in [-0.15, -0.1) is 0 Å². The van der Waals surface area contributed by atoms with Crippen molar-refractivity contribution in [1.82, 2.24) is 9.80 Å². The molecule has 0 amide bonds. The lowest BCUT2D eigenvalue weighted by Crippen LogP contribution is -2.38. The van der Waals surface area contributed by atoms with E-state index in [1.54, 1.807) is 0 Å². The van der Waals surface area contributed by atoms with Gasteiger partial charge in [0.25, 0.3) is 0 Å². The predicted octanol–water partition coefficient (Wildman–Crippen LogP) is 2.63. The molecule has 13 heavy (non-hydrogen) atoms. The quantitative estimate of drug-likeness (QED) is 0.645. The molecule has 0 bridgehead atoms. The molecule has 0 fully saturated rings. The summed E-state index contributed by atoms with van der Waals surface area (Å²) in [5.41, 5.74) is 0. The Bertz CT molecular complexity index is 151. The van der Waals surface area contributed by atoms with Crippen molar-refractivity contribution in [2.24, 2.45) is 0 Å². The number of unbranched alkanes of at least 4 members (excludes halogenated alkanes) is 1. The monoisotopic (exact) mass is 182 g/mol. The fraction of sp³-hybridized carbons (Fsp3) is 0.818. The lowest BCUT2D eigenvalue weighted by Gasteiger charge is -2.31. The summed E-state index contributed by atoms with van der Waals surface area (Å²) in [6.45, 7) is 8.96. The largest absolute Gasteiger partial charge is 0.356 e. The van der Waals surface area contributed by atoms with Gasteiger partial charge in [-0.3, -0.25) is 0 Å². The average molecular weight is 182 g/mol. The van der Waals surface area contributed by atoms with Crippen LogP contribution in [0.15, 0.2) is 12.4 Å². The zero-order valence-electron chi connectivity index (χ0n) is 9.16. The van der Waals surface area contributed by atoms with Crippen LogP contribution in [0.4, 0.5) is 0 Å². The highest BCUT2D eigenvalue weighted by Crippen LogP contribution is 2.19. The van der Waals surface area contributed by atoms with Gasteiger partial charge in [-0.05, 0) is 26.7 Å². The molecule has 0 N–H and O–H groups in total. The molecule has 0 saturated carbocycles. The lowest BCUT2D eigenvalue weighted by atomic mass is 10.2. The third kappa shape index (κ3) is 2.39. The van der Waals surface area contributed by atoms with Crippen LogP contribution >= 0.6 is 0 Å². The maximum absolute atomic E-state index is 2.43. The summed E-state index contributed by atoms with van der Waals surface area (Å²) in [6.07, 6.45) is 9.01. The van der Waals surface area contributed by atoms with E-state index in [4.69, 9.17) is 0 Å². The molecule has 1 rings (SSSR count). The van der Waals surface area contributed by atoms with Crippen LogP contribution in [-0.4, -0.2) is 29.1 Å². The molecule has 1 heterocycles. The second kappa shape index (κ2) is 5.15. The Labute approximate surface area is 82.2 Å². The summed E-state index contributed by atoms with van der Waals surface area (Å²) in [5.74, 6) is 0. The van der Waals surface area contributed by atoms with Gasteiger partial charge in [0, 0.05) is 25.5 Å². The number of hydrogen-bond donors (Lipinski definition) is 0. The third-order valence-corrected chi connectivity index (χ3v) is 2.76. The Kier molecular flexibility index (Phi) is 4.13. The van der Waals surface area contributed by atoms with Crippen molar-refractivity contribution in [2.45, 2.75) is 46.2 Å². The van der Waals surface area contributed by atoms with Crippen molar-refractivity contribution in [3.8, 4) is 0 Å². The highest BCUT2D eigenvalue weighted by atomic mass is 15.4. The second-order valence-corrected chi connectivity index (χ2v) is 3.58. The minimum atomic E-state index is 0.634. The Balaban J connectivity index is 2.45. The van der Waals surface area contributed by atoms with Crippen molar-refractivity contribution < 1.29 is 0 Å². The van der Waals surface area contributed by atoms with Gasteiger partial charge in [-0.1, -0.05) is 13.3 Å². The van der Waals surface area contributed by atoms with Gasteiger partial charge in [0.15, 0.2) is 0 Å². The van der Waals surface area contributed by atoms with Crippen LogP contribution in [0.5, 0.6) is 0 Å². The fourth-order valence-electron chi connectivity index (χ4n) is 1.91. The zero-order chi connectivity index (χ0) is 9.68. The molecule has 0 aromatic rings. The van der Waals surface area contributed by atoms with Crippen LogP contribution in [0.1, 0.15) is 40.0 Å². The summed E-state index contributed by atoms with van der Waals surface area (Å²) in [6, 6.07) is 0.